The maximum absolute atomic E-state index is 13.1. The van der Waals surface area contributed by atoms with Crippen molar-refractivity contribution in [1.82, 2.24) is 19.3 Å². The summed E-state index contributed by atoms with van der Waals surface area (Å²) in [7, 11) is 0. The van der Waals surface area contributed by atoms with Crippen LogP contribution in [0.15, 0.2) is 62.6 Å². The Balaban J connectivity index is 1.71. The van der Waals surface area contributed by atoms with Gasteiger partial charge in [-0.3, -0.25) is 13.9 Å². The van der Waals surface area contributed by atoms with Crippen LogP contribution in [0.4, 0.5) is 0 Å². The van der Waals surface area contributed by atoms with Crippen molar-refractivity contribution in [3.63, 3.8) is 0 Å². The molecule has 31 heavy (non-hydrogen) atoms. The average Bonchev–Trinajstić information content (AvgIpc) is 3.20. The lowest BCUT2D eigenvalue weighted by atomic mass is 10.2. The Labute approximate surface area is 178 Å². The van der Waals surface area contributed by atoms with E-state index in [1.165, 1.54) is 9.13 Å². The number of hydrogen-bond acceptors (Lipinski definition) is 6. The van der Waals surface area contributed by atoms with Crippen LogP contribution in [0.3, 0.4) is 0 Å². The van der Waals surface area contributed by atoms with Crippen molar-refractivity contribution in [2.45, 2.75) is 46.4 Å². The molecule has 4 rings (SSSR count). The van der Waals surface area contributed by atoms with E-state index in [1.807, 2.05) is 38.1 Å². The summed E-state index contributed by atoms with van der Waals surface area (Å²) in [4.78, 5) is 30.3. The van der Waals surface area contributed by atoms with Crippen molar-refractivity contribution in [1.29, 1.82) is 0 Å². The van der Waals surface area contributed by atoms with Gasteiger partial charge in [-0.1, -0.05) is 17.3 Å². The molecule has 0 saturated carbocycles. The molecule has 0 N–H and O–H groups in total. The summed E-state index contributed by atoms with van der Waals surface area (Å²) >= 11 is 0. The zero-order chi connectivity index (χ0) is 22.1. The summed E-state index contributed by atoms with van der Waals surface area (Å²) in [6.45, 7) is 7.60. The van der Waals surface area contributed by atoms with Gasteiger partial charge in [-0.2, -0.15) is 4.98 Å². The molecule has 4 aromatic rings. The Morgan fingerprint density at radius 2 is 1.71 bits per heavy atom. The number of ether oxygens (including phenoxy) is 1. The molecule has 0 spiro atoms. The lowest BCUT2D eigenvalue weighted by Gasteiger charge is -2.14. The smallest absolute Gasteiger partial charge is 0.332 e. The Morgan fingerprint density at radius 1 is 1.00 bits per heavy atom. The third-order valence-corrected chi connectivity index (χ3v) is 4.84. The topological polar surface area (TPSA) is 92.2 Å². The van der Waals surface area contributed by atoms with Gasteiger partial charge in [0.05, 0.1) is 17.0 Å². The molecule has 2 heterocycles. The molecule has 160 valence electrons. The maximum atomic E-state index is 13.1. The number of nitrogens with zero attached hydrogens (tertiary/aromatic N) is 4. The Kier molecular flexibility index (Phi) is 5.46. The van der Waals surface area contributed by atoms with E-state index in [0.717, 1.165) is 11.3 Å². The van der Waals surface area contributed by atoms with E-state index < -0.39 is 5.69 Å². The van der Waals surface area contributed by atoms with Gasteiger partial charge in [0, 0.05) is 11.6 Å². The molecule has 8 heteroatoms. The fourth-order valence-corrected chi connectivity index (χ4v) is 3.47. The highest BCUT2D eigenvalue weighted by Crippen LogP contribution is 2.21. The first-order chi connectivity index (χ1) is 14.8. The van der Waals surface area contributed by atoms with Crippen molar-refractivity contribution >= 4 is 10.9 Å². The molecule has 0 aliphatic heterocycles. The highest BCUT2D eigenvalue weighted by Gasteiger charge is 2.17. The van der Waals surface area contributed by atoms with E-state index in [9.17, 15) is 9.59 Å². The first-order valence-corrected chi connectivity index (χ1v) is 10.2. The molecule has 0 radical (unpaired) electrons. The van der Waals surface area contributed by atoms with Crippen molar-refractivity contribution in [2.24, 2.45) is 0 Å². The minimum Gasteiger partial charge on any atom is -0.491 e. The molecular weight excluding hydrogens is 396 g/mol. The number of para-hydroxylation sites is 1. The molecule has 0 aliphatic carbocycles. The van der Waals surface area contributed by atoms with Crippen LogP contribution in [0.25, 0.3) is 22.3 Å². The quantitative estimate of drug-likeness (QED) is 0.473. The SMILES string of the molecule is CC(C)Oc1ccc(-c2noc(Cn3c(=O)n(C(C)C)c(=O)c4ccccc43)n2)cc1. The summed E-state index contributed by atoms with van der Waals surface area (Å²) in [5.74, 6) is 1.45. The second-order valence-corrected chi connectivity index (χ2v) is 7.86. The van der Waals surface area contributed by atoms with Gasteiger partial charge < -0.3 is 9.26 Å². The van der Waals surface area contributed by atoms with Gasteiger partial charge in [0.2, 0.25) is 11.7 Å². The molecule has 0 atom stereocenters. The van der Waals surface area contributed by atoms with Crippen molar-refractivity contribution < 1.29 is 9.26 Å². The van der Waals surface area contributed by atoms with Gasteiger partial charge in [0.1, 0.15) is 12.3 Å². The minimum atomic E-state index is -0.409. The fourth-order valence-electron chi connectivity index (χ4n) is 3.47. The zero-order valence-electron chi connectivity index (χ0n) is 17.9. The van der Waals surface area contributed by atoms with Crippen LogP contribution in [0.1, 0.15) is 39.6 Å². The van der Waals surface area contributed by atoms with Gasteiger partial charge in [-0.15, -0.1) is 0 Å². The number of fused-ring (bicyclic) bond motifs is 1. The molecule has 0 amide bonds. The van der Waals surface area contributed by atoms with Crippen molar-refractivity contribution in [2.75, 3.05) is 0 Å². The molecule has 2 aromatic carbocycles. The van der Waals surface area contributed by atoms with E-state index >= 15 is 0 Å². The summed E-state index contributed by atoms with van der Waals surface area (Å²) in [5.41, 5.74) is 0.593. The molecule has 0 fully saturated rings. The zero-order valence-corrected chi connectivity index (χ0v) is 17.9. The second-order valence-electron chi connectivity index (χ2n) is 7.86. The molecule has 0 unspecified atom stereocenters. The third-order valence-electron chi connectivity index (χ3n) is 4.84. The largest absolute Gasteiger partial charge is 0.491 e. The van der Waals surface area contributed by atoms with Gasteiger partial charge in [-0.25, -0.2) is 4.79 Å². The minimum absolute atomic E-state index is 0.0634. The first-order valence-electron chi connectivity index (χ1n) is 10.2. The van der Waals surface area contributed by atoms with Crippen LogP contribution in [0.2, 0.25) is 0 Å². The highest BCUT2D eigenvalue weighted by molar-refractivity contribution is 5.77. The average molecular weight is 420 g/mol. The number of rotatable bonds is 6. The monoisotopic (exact) mass is 420 g/mol. The van der Waals surface area contributed by atoms with E-state index in [4.69, 9.17) is 9.26 Å². The van der Waals surface area contributed by atoms with Crippen LogP contribution >= 0.6 is 0 Å². The number of hydrogen-bond donors (Lipinski definition) is 0. The predicted octanol–water partition coefficient (Wildman–Crippen LogP) is 3.63. The van der Waals surface area contributed by atoms with Crippen molar-refractivity contribution in [3.8, 4) is 17.1 Å². The van der Waals surface area contributed by atoms with Gasteiger partial charge in [0.25, 0.3) is 5.56 Å². The van der Waals surface area contributed by atoms with E-state index in [1.54, 1.807) is 38.1 Å². The van der Waals surface area contributed by atoms with E-state index in [-0.39, 0.29) is 30.1 Å². The Bertz CT molecular complexity index is 1330. The third kappa shape index (κ3) is 4.01. The standard InChI is InChI=1S/C23H24N4O4/c1-14(2)27-22(28)18-7-5-6-8-19(18)26(23(27)29)13-20-24-21(25-31-20)16-9-11-17(12-10-16)30-15(3)4/h5-12,14-15H,13H2,1-4H3. The van der Waals surface area contributed by atoms with Crippen LogP contribution < -0.4 is 16.0 Å². The van der Waals surface area contributed by atoms with Crippen molar-refractivity contribution in [3.05, 3.63) is 75.3 Å². The van der Waals surface area contributed by atoms with Gasteiger partial charge >= 0.3 is 5.69 Å². The van der Waals surface area contributed by atoms with E-state index in [2.05, 4.69) is 10.1 Å². The molecule has 8 nitrogen and oxygen atoms in total. The summed E-state index contributed by atoms with van der Waals surface area (Å²) in [6.07, 6.45) is 0.0878. The lowest BCUT2D eigenvalue weighted by Crippen LogP contribution is -2.41. The normalized spacial score (nSPS) is 11.5. The number of aromatic nitrogens is 4. The summed E-state index contributed by atoms with van der Waals surface area (Å²) < 4.78 is 13.8. The Morgan fingerprint density at radius 3 is 2.39 bits per heavy atom. The lowest BCUT2D eigenvalue weighted by molar-refractivity contribution is 0.242. The first kappa shape index (κ1) is 20.6. The summed E-state index contributed by atoms with van der Waals surface area (Å²) in [5, 5.41) is 4.52. The molecule has 2 aromatic heterocycles. The molecule has 0 aliphatic rings. The predicted molar refractivity (Wildman–Crippen MR) is 117 cm³/mol. The molecule has 0 bridgehead atoms. The molecular formula is C23H24N4O4. The highest BCUT2D eigenvalue weighted by atomic mass is 16.5. The van der Waals surface area contributed by atoms with E-state index in [0.29, 0.717) is 16.7 Å². The van der Waals surface area contributed by atoms with Crippen LogP contribution in [0.5, 0.6) is 5.75 Å². The van der Waals surface area contributed by atoms with Gasteiger partial charge in [-0.05, 0) is 64.1 Å². The fraction of sp³-hybridized carbons (Fsp3) is 0.304. The van der Waals surface area contributed by atoms with Crippen LogP contribution in [0, 0.1) is 0 Å². The van der Waals surface area contributed by atoms with Crippen LogP contribution in [-0.4, -0.2) is 25.4 Å². The molecule has 0 saturated heterocycles. The Hall–Kier alpha value is -3.68. The maximum Gasteiger partial charge on any atom is 0.332 e. The number of benzene rings is 2. The van der Waals surface area contributed by atoms with Crippen LogP contribution in [-0.2, 0) is 6.54 Å². The second kappa shape index (κ2) is 8.22. The van der Waals surface area contributed by atoms with Gasteiger partial charge in [0.15, 0.2) is 0 Å². The summed E-state index contributed by atoms with van der Waals surface area (Å²) in [6, 6.07) is 14.2.